The molecule has 5 heteroatoms. The van der Waals surface area contributed by atoms with E-state index >= 15 is 0 Å². The van der Waals surface area contributed by atoms with Crippen molar-refractivity contribution in [3.8, 4) is 17.2 Å². The minimum atomic E-state index is -0.926. The Kier molecular flexibility index (Phi) is 3.37. The average Bonchev–Trinajstić information content (AvgIpc) is 2.54. The quantitative estimate of drug-likeness (QED) is 0.864. The molecule has 0 spiro atoms. The first-order valence-corrected chi connectivity index (χ1v) is 5.39. The maximum Gasteiger partial charge on any atom is 0.308 e. The molecule has 2 rings (SSSR count). The predicted molar refractivity (Wildman–Crippen MR) is 59.9 cm³/mol. The maximum absolute atomic E-state index is 10.9. The summed E-state index contributed by atoms with van der Waals surface area (Å²) >= 11 is 0. The molecule has 1 aliphatic heterocycles. The van der Waals surface area contributed by atoms with Crippen molar-refractivity contribution in [1.82, 2.24) is 0 Å². The summed E-state index contributed by atoms with van der Waals surface area (Å²) in [5.41, 5.74) is 0.527. The Balaban J connectivity index is 2.46. The van der Waals surface area contributed by atoms with Gasteiger partial charge < -0.3 is 19.3 Å². The highest BCUT2D eigenvalue weighted by molar-refractivity contribution is 5.74. The zero-order chi connectivity index (χ0) is 12.3. The molecular formula is C12H14O5. The highest BCUT2D eigenvalue weighted by Crippen LogP contribution is 2.39. The first kappa shape index (κ1) is 11.6. The van der Waals surface area contributed by atoms with E-state index in [0.29, 0.717) is 36.0 Å². The lowest BCUT2D eigenvalue weighted by Gasteiger charge is -2.14. The molecule has 0 radical (unpaired) electrons. The van der Waals surface area contributed by atoms with Crippen molar-refractivity contribution < 1.29 is 24.1 Å². The van der Waals surface area contributed by atoms with Crippen LogP contribution in [-0.4, -0.2) is 31.4 Å². The van der Waals surface area contributed by atoms with Crippen molar-refractivity contribution in [3.05, 3.63) is 17.7 Å². The number of carboxylic acids is 1. The van der Waals surface area contributed by atoms with Crippen LogP contribution in [0, 0.1) is 0 Å². The summed E-state index contributed by atoms with van der Waals surface area (Å²) in [5.74, 6) is 0.657. The van der Waals surface area contributed by atoms with Gasteiger partial charge in [-0.2, -0.15) is 0 Å². The van der Waals surface area contributed by atoms with Crippen molar-refractivity contribution in [2.45, 2.75) is 12.8 Å². The normalized spacial score (nSPS) is 13.9. The SMILES string of the molecule is COc1ccc2c(c1CC(=O)O)OCCCO2. The van der Waals surface area contributed by atoms with Crippen LogP contribution >= 0.6 is 0 Å². The number of hydrogen-bond donors (Lipinski definition) is 1. The van der Waals surface area contributed by atoms with Gasteiger partial charge in [0.05, 0.1) is 32.3 Å². The lowest BCUT2D eigenvalue weighted by molar-refractivity contribution is -0.136. The predicted octanol–water partition coefficient (Wildman–Crippen LogP) is 1.48. The highest BCUT2D eigenvalue weighted by Gasteiger charge is 2.20. The van der Waals surface area contributed by atoms with Gasteiger partial charge in [0.1, 0.15) is 5.75 Å². The molecule has 1 aromatic rings. The van der Waals surface area contributed by atoms with Crippen LogP contribution in [0.4, 0.5) is 0 Å². The summed E-state index contributed by atoms with van der Waals surface area (Å²) < 4.78 is 16.2. The molecule has 0 atom stereocenters. The van der Waals surface area contributed by atoms with E-state index in [-0.39, 0.29) is 6.42 Å². The third-order valence-electron chi connectivity index (χ3n) is 2.52. The topological polar surface area (TPSA) is 65.0 Å². The summed E-state index contributed by atoms with van der Waals surface area (Å²) in [4.78, 5) is 10.9. The van der Waals surface area contributed by atoms with Gasteiger partial charge in [-0.25, -0.2) is 0 Å². The highest BCUT2D eigenvalue weighted by atomic mass is 16.5. The molecule has 92 valence electrons. The molecule has 0 saturated carbocycles. The second-order valence-electron chi connectivity index (χ2n) is 3.69. The van der Waals surface area contributed by atoms with Crippen molar-refractivity contribution in [3.63, 3.8) is 0 Å². The van der Waals surface area contributed by atoms with Crippen LogP contribution in [0.1, 0.15) is 12.0 Å². The molecule has 0 fully saturated rings. The number of rotatable bonds is 3. The van der Waals surface area contributed by atoms with Crippen molar-refractivity contribution in [2.24, 2.45) is 0 Å². The smallest absolute Gasteiger partial charge is 0.308 e. The van der Waals surface area contributed by atoms with Gasteiger partial charge in [-0.1, -0.05) is 0 Å². The third-order valence-corrected chi connectivity index (χ3v) is 2.52. The lowest BCUT2D eigenvalue weighted by Crippen LogP contribution is -2.06. The Morgan fingerprint density at radius 1 is 1.41 bits per heavy atom. The Morgan fingerprint density at radius 3 is 2.88 bits per heavy atom. The molecule has 0 aliphatic carbocycles. The van der Waals surface area contributed by atoms with Crippen LogP contribution in [-0.2, 0) is 11.2 Å². The van der Waals surface area contributed by atoms with E-state index in [1.54, 1.807) is 12.1 Å². The summed E-state index contributed by atoms with van der Waals surface area (Å²) in [6, 6.07) is 3.44. The van der Waals surface area contributed by atoms with Gasteiger partial charge in [-0.3, -0.25) is 4.79 Å². The number of carbonyl (C=O) groups is 1. The van der Waals surface area contributed by atoms with Crippen molar-refractivity contribution >= 4 is 5.97 Å². The summed E-state index contributed by atoms with van der Waals surface area (Å²) in [6.07, 6.45) is 0.638. The van der Waals surface area contributed by atoms with Crippen LogP contribution < -0.4 is 14.2 Å². The van der Waals surface area contributed by atoms with Crippen LogP contribution in [0.3, 0.4) is 0 Å². The van der Waals surface area contributed by atoms with Gasteiger partial charge in [-0.15, -0.1) is 0 Å². The van der Waals surface area contributed by atoms with Crippen molar-refractivity contribution in [1.29, 1.82) is 0 Å². The number of methoxy groups -OCH3 is 1. The van der Waals surface area contributed by atoms with E-state index in [9.17, 15) is 4.79 Å². The molecule has 17 heavy (non-hydrogen) atoms. The van der Waals surface area contributed by atoms with E-state index in [1.807, 2.05) is 0 Å². The molecule has 1 heterocycles. The van der Waals surface area contributed by atoms with Gasteiger partial charge in [0.15, 0.2) is 11.5 Å². The van der Waals surface area contributed by atoms with E-state index in [4.69, 9.17) is 19.3 Å². The number of hydrogen-bond acceptors (Lipinski definition) is 4. The minimum Gasteiger partial charge on any atom is -0.496 e. The monoisotopic (exact) mass is 238 g/mol. The number of carboxylic acid groups (broad SMARTS) is 1. The molecule has 1 aromatic carbocycles. The lowest BCUT2D eigenvalue weighted by atomic mass is 10.1. The second kappa shape index (κ2) is 4.95. The van der Waals surface area contributed by atoms with Crippen LogP contribution in [0.2, 0.25) is 0 Å². The van der Waals surface area contributed by atoms with E-state index in [0.717, 1.165) is 6.42 Å². The summed E-state index contributed by atoms with van der Waals surface area (Å²) in [5, 5.41) is 8.91. The average molecular weight is 238 g/mol. The zero-order valence-electron chi connectivity index (χ0n) is 9.56. The van der Waals surface area contributed by atoms with Gasteiger partial charge in [-0.05, 0) is 12.1 Å². The van der Waals surface area contributed by atoms with Gasteiger partial charge in [0.2, 0.25) is 0 Å². The van der Waals surface area contributed by atoms with E-state index in [2.05, 4.69) is 0 Å². The largest absolute Gasteiger partial charge is 0.496 e. The molecule has 0 unspecified atom stereocenters. The first-order chi connectivity index (χ1) is 8.22. The second-order valence-corrected chi connectivity index (χ2v) is 3.69. The number of benzene rings is 1. The first-order valence-electron chi connectivity index (χ1n) is 5.39. The Bertz CT molecular complexity index is 427. The van der Waals surface area contributed by atoms with Crippen LogP contribution in [0.25, 0.3) is 0 Å². The van der Waals surface area contributed by atoms with Gasteiger partial charge in [0, 0.05) is 6.42 Å². The molecule has 0 saturated heterocycles. The van der Waals surface area contributed by atoms with Crippen molar-refractivity contribution in [2.75, 3.05) is 20.3 Å². The van der Waals surface area contributed by atoms with Gasteiger partial charge in [0.25, 0.3) is 0 Å². The van der Waals surface area contributed by atoms with E-state index in [1.165, 1.54) is 7.11 Å². The fourth-order valence-electron chi connectivity index (χ4n) is 1.79. The van der Waals surface area contributed by atoms with Gasteiger partial charge >= 0.3 is 5.97 Å². The number of aliphatic carboxylic acids is 1. The summed E-state index contributed by atoms with van der Waals surface area (Å²) in [7, 11) is 1.50. The molecule has 0 amide bonds. The Morgan fingerprint density at radius 2 is 2.18 bits per heavy atom. The van der Waals surface area contributed by atoms with Crippen LogP contribution in [0.5, 0.6) is 17.2 Å². The molecular weight excluding hydrogens is 224 g/mol. The maximum atomic E-state index is 10.9. The molecule has 1 aliphatic rings. The van der Waals surface area contributed by atoms with Crippen LogP contribution in [0.15, 0.2) is 12.1 Å². The number of ether oxygens (including phenoxy) is 3. The van der Waals surface area contributed by atoms with E-state index < -0.39 is 5.97 Å². The molecule has 5 nitrogen and oxygen atoms in total. The third kappa shape index (κ3) is 2.43. The Hall–Kier alpha value is -1.91. The molecule has 1 N–H and O–H groups in total. The fraction of sp³-hybridized carbons (Fsp3) is 0.417. The Labute approximate surface area is 98.9 Å². The molecule has 0 bridgehead atoms. The summed E-state index contributed by atoms with van der Waals surface area (Å²) in [6.45, 7) is 1.10. The fourth-order valence-corrected chi connectivity index (χ4v) is 1.79. The molecule has 0 aromatic heterocycles. The standard InChI is InChI=1S/C12H14O5/c1-15-9-3-4-10-12(8(9)7-11(13)14)17-6-2-5-16-10/h3-4H,2,5-7H2,1H3,(H,13,14). The zero-order valence-corrected chi connectivity index (χ0v) is 9.56. The number of fused-ring (bicyclic) bond motifs is 1. The minimum absolute atomic E-state index is 0.143.